The third-order valence-corrected chi connectivity index (χ3v) is 6.01. The smallest absolute Gasteiger partial charge is 0.223 e. The van der Waals surface area contributed by atoms with Crippen molar-refractivity contribution in [2.24, 2.45) is 5.92 Å². The summed E-state index contributed by atoms with van der Waals surface area (Å²) in [5.74, 6) is 0.135. The first-order chi connectivity index (χ1) is 13.3. The number of carbonyl (C=O) groups excluding carboxylic acids is 1. The number of aryl methyl sites for hydroxylation is 1. The van der Waals surface area contributed by atoms with Gasteiger partial charge in [-0.05, 0) is 75.8 Å². The zero-order valence-electron chi connectivity index (χ0n) is 17.7. The first kappa shape index (κ1) is 20.9. The number of nitrogens with zero attached hydrogens (tertiary/aromatic N) is 1. The van der Waals surface area contributed by atoms with Crippen LogP contribution in [0.2, 0.25) is 0 Å². The number of aliphatic hydroxyl groups is 1. The van der Waals surface area contributed by atoms with Gasteiger partial charge in [-0.25, -0.2) is 0 Å². The lowest BCUT2D eigenvalue weighted by Crippen LogP contribution is -2.39. The van der Waals surface area contributed by atoms with Gasteiger partial charge in [0.15, 0.2) is 0 Å². The van der Waals surface area contributed by atoms with Gasteiger partial charge in [-0.15, -0.1) is 0 Å². The van der Waals surface area contributed by atoms with Crippen LogP contribution < -0.4 is 5.32 Å². The summed E-state index contributed by atoms with van der Waals surface area (Å²) in [6, 6.07) is 7.07. The summed E-state index contributed by atoms with van der Waals surface area (Å²) in [6.07, 6.45) is 7.17. The van der Waals surface area contributed by atoms with Crippen molar-refractivity contribution in [1.29, 1.82) is 0 Å². The second-order valence-electron chi connectivity index (χ2n) is 9.02. The third kappa shape index (κ3) is 5.15. The van der Waals surface area contributed by atoms with Crippen LogP contribution in [-0.2, 0) is 17.6 Å². The van der Waals surface area contributed by atoms with Crippen molar-refractivity contribution < 1.29 is 9.90 Å². The molecule has 1 aliphatic rings. The van der Waals surface area contributed by atoms with E-state index in [1.165, 1.54) is 34.9 Å². The average molecular weight is 386 g/mol. The Labute approximate surface area is 168 Å². The molecule has 28 heavy (non-hydrogen) atoms. The summed E-state index contributed by atoms with van der Waals surface area (Å²) < 4.78 is 0. The zero-order valence-corrected chi connectivity index (χ0v) is 17.7. The molecule has 0 saturated carbocycles. The van der Waals surface area contributed by atoms with E-state index in [1.807, 2.05) is 20.8 Å². The average Bonchev–Trinajstić information content (AvgIpc) is 3.26. The lowest BCUT2D eigenvalue weighted by Gasteiger charge is -2.26. The van der Waals surface area contributed by atoms with Gasteiger partial charge >= 0.3 is 0 Å². The number of carbonyl (C=O) groups is 1. The molecular weight excluding hydrogens is 350 g/mol. The Balaban J connectivity index is 1.71. The van der Waals surface area contributed by atoms with Crippen molar-refractivity contribution in [2.75, 3.05) is 20.1 Å². The summed E-state index contributed by atoms with van der Waals surface area (Å²) in [5, 5.41) is 14.1. The number of hydrogen-bond donors (Lipinski definition) is 3. The van der Waals surface area contributed by atoms with Crippen LogP contribution in [0.1, 0.15) is 51.2 Å². The number of amides is 1. The Morgan fingerprint density at radius 3 is 2.93 bits per heavy atom. The molecule has 0 radical (unpaired) electrons. The zero-order chi connectivity index (χ0) is 20.3. The highest BCUT2D eigenvalue weighted by molar-refractivity contribution is 5.84. The van der Waals surface area contributed by atoms with Crippen LogP contribution in [0.5, 0.6) is 0 Å². The van der Waals surface area contributed by atoms with Gasteiger partial charge in [0.25, 0.3) is 0 Å². The number of H-pyrrole nitrogens is 1. The molecule has 5 nitrogen and oxygen atoms in total. The van der Waals surface area contributed by atoms with Crippen LogP contribution in [0.25, 0.3) is 10.9 Å². The minimum atomic E-state index is -0.637. The Hall–Kier alpha value is -1.85. The normalized spacial score (nSPS) is 19.2. The highest BCUT2D eigenvalue weighted by atomic mass is 16.3. The van der Waals surface area contributed by atoms with Gasteiger partial charge in [-0.2, -0.15) is 0 Å². The number of nitrogens with one attached hydrogen (secondary N) is 2. The Morgan fingerprint density at radius 1 is 1.43 bits per heavy atom. The molecule has 154 valence electrons. The van der Waals surface area contributed by atoms with Crippen LogP contribution in [0.4, 0.5) is 0 Å². The molecule has 1 amide bonds. The molecule has 3 N–H and O–H groups in total. The molecule has 2 aromatic rings. The summed E-state index contributed by atoms with van der Waals surface area (Å²) >= 11 is 0. The van der Waals surface area contributed by atoms with E-state index in [4.69, 9.17) is 0 Å². The first-order valence-corrected chi connectivity index (χ1v) is 10.5. The number of hydrogen-bond acceptors (Lipinski definition) is 3. The van der Waals surface area contributed by atoms with E-state index < -0.39 is 5.60 Å². The molecule has 0 spiro atoms. The van der Waals surface area contributed by atoms with Crippen molar-refractivity contribution in [3.63, 3.8) is 0 Å². The second kappa shape index (κ2) is 8.66. The van der Waals surface area contributed by atoms with Gasteiger partial charge < -0.3 is 15.4 Å². The molecule has 1 aromatic carbocycles. The van der Waals surface area contributed by atoms with Crippen LogP contribution in [0.15, 0.2) is 24.4 Å². The molecule has 1 unspecified atom stereocenters. The highest BCUT2D eigenvalue weighted by Crippen LogP contribution is 2.27. The molecule has 1 fully saturated rings. The van der Waals surface area contributed by atoms with Crippen LogP contribution in [0, 0.1) is 5.92 Å². The number of fused-ring (bicyclic) bond motifs is 1. The number of likely N-dealkylation sites (tertiary alicyclic amines) is 1. The second-order valence-corrected chi connectivity index (χ2v) is 9.02. The molecule has 2 atom stereocenters. The SMILES string of the molecule is CNC(=O)C(C)CN1CCC[C@@H]1Cc1c[nH]c2ccc(CCC(C)(C)O)cc12. The van der Waals surface area contributed by atoms with E-state index in [0.717, 1.165) is 32.4 Å². The standard InChI is InChI=1S/C23H35N3O2/c1-16(22(27)24-4)15-26-11-5-6-19(26)13-18-14-25-21-8-7-17(12-20(18)21)9-10-23(2,3)28/h7-8,12,14,16,19,25,28H,5-6,9-11,13,15H2,1-4H3,(H,24,27)/t16?,19-/m1/s1. The van der Waals surface area contributed by atoms with Crippen molar-refractivity contribution >= 4 is 16.8 Å². The fraction of sp³-hybridized carbons (Fsp3) is 0.609. The predicted octanol–water partition coefficient (Wildman–Crippen LogP) is 3.26. The maximum Gasteiger partial charge on any atom is 0.223 e. The number of aromatic amines is 1. The van der Waals surface area contributed by atoms with Gasteiger partial charge in [-0.3, -0.25) is 9.69 Å². The van der Waals surface area contributed by atoms with Crippen LogP contribution >= 0.6 is 0 Å². The molecule has 5 heteroatoms. The monoisotopic (exact) mass is 385 g/mol. The molecule has 3 rings (SSSR count). The topological polar surface area (TPSA) is 68.4 Å². The van der Waals surface area contributed by atoms with E-state index >= 15 is 0 Å². The number of benzene rings is 1. The van der Waals surface area contributed by atoms with E-state index in [0.29, 0.717) is 6.04 Å². The van der Waals surface area contributed by atoms with Gasteiger partial charge in [0.05, 0.1) is 5.60 Å². The van der Waals surface area contributed by atoms with Crippen molar-refractivity contribution in [3.05, 3.63) is 35.5 Å². The van der Waals surface area contributed by atoms with E-state index in [2.05, 4.69) is 39.6 Å². The fourth-order valence-corrected chi connectivity index (χ4v) is 4.30. The third-order valence-electron chi connectivity index (χ3n) is 6.01. The van der Waals surface area contributed by atoms with Gasteiger partial charge in [0, 0.05) is 42.7 Å². The minimum Gasteiger partial charge on any atom is -0.390 e. The highest BCUT2D eigenvalue weighted by Gasteiger charge is 2.28. The van der Waals surface area contributed by atoms with E-state index in [1.54, 1.807) is 7.05 Å². The van der Waals surface area contributed by atoms with Crippen LogP contribution in [-0.4, -0.2) is 52.7 Å². The Kier molecular flexibility index (Phi) is 6.46. The lowest BCUT2D eigenvalue weighted by molar-refractivity contribution is -0.124. The fourth-order valence-electron chi connectivity index (χ4n) is 4.30. The quantitative estimate of drug-likeness (QED) is 0.653. The maximum atomic E-state index is 11.9. The minimum absolute atomic E-state index is 0.0157. The van der Waals surface area contributed by atoms with Crippen molar-refractivity contribution in [3.8, 4) is 0 Å². The maximum absolute atomic E-state index is 11.9. The molecule has 0 bridgehead atoms. The number of aromatic nitrogens is 1. The van der Waals surface area contributed by atoms with Crippen molar-refractivity contribution in [2.45, 2.75) is 64.5 Å². The Bertz CT molecular complexity index is 806. The van der Waals surface area contributed by atoms with E-state index in [9.17, 15) is 9.90 Å². The summed E-state index contributed by atoms with van der Waals surface area (Å²) in [7, 11) is 1.71. The molecule has 1 aromatic heterocycles. The van der Waals surface area contributed by atoms with E-state index in [-0.39, 0.29) is 11.8 Å². The summed E-state index contributed by atoms with van der Waals surface area (Å²) in [5.41, 5.74) is 3.16. The molecule has 2 heterocycles. The van der Waals surface area contributed by atoms with Gasteiger partial charge in [0.2, 0.25) is 5.91 Å². The summed E-state index contributed by atoms with van der Waals surface area (Å²) in [4.78, 5) is 17.8. The largest absolute Gasteiger partial charge is 0.390 e. The molecule has 1 saturated heterocycles. The van der Waals surface area contributed by atoms with Crippen LogP contribution in [0.3, 0.4) is 0 Å². The predicted molar refractivity (Wildman–Crippen MR) is 114 cm³/mol. The number of rotatable bonds is 8. The lowest BCUT2D eigenvalue weighted by atomic mass is 9.96. The first-order valence-electron chi connectivity index (χ1n) is 10.5. The summed E-state index contributed by atoms with van der Waals surface area (Å²) in [6.45, 7) is 7.63. The van der Waals surface area contributed by atoms with Crippen molar-refractivity contribution in [1.82, 2.24) is 15.2 Å². The van der Waals surface area contributed by atoms with Gasteiger partial charge in [-0.1, -0.05) is 13.0 Å². The Morgan fingerprint density at radius 2 is 2.21 bits per heavy atom. The molecule has 0 aliphatic carbocycles. The molecule has 1 aliphatic heterocycles. The molecular formula is C23H35N3O2. The van der Waals surface area contributed by atoms with Gasteiger partial charge in [0.1, 0.15) is 0 Å².